The van der Waals surface area contributed by atoms with Crippen LogP contribution in [0.15, 0.2) is 33.4 Å². The van der Waals surface area contributed by atoms with Gasteiger partial charge in [-0.25, -0.2) is 0 Å². The van der Waals surface area contributed by atoms with Crippen molar-refractivity contribution in [3.05, 3.63) is 50.1 Å². The van der Waals surface area contributed by atoms with Crippen LogP contribution >= 0.6 is 27.3 Å². The molecule has 0 unspecified atom stereocenters. The monoisotopic (exact) mass is 325 g/mol. The van der Waals surface area contributed by atoms with E-state index in [9.17, 15) is 0 Å². The molecule has 0 radical (unpaired) electrons. The highest BCUT2D eigenvalue weighted by Gasteiger charge is 2.04. The molecule has 18 heavy (non-hydrogen) atoms. The van der Waals surface area contributed by atoms with E-state index in [1.54, 1.807) is 18.4 Å². The van der Waals surface area contributed by atoms with Crippen LogP contribution in [0, 0.1) is 6.92 Å². The molecule has 0 saturated carbocycles. The van der Waals surface area contributed by atoms with Gasteiger partial charge in [-0.15, -0.1) is 0 Å². The topological polar surface area (TPSA) is 21.3 Å². The quantitative estimate of drug-likeness (QED) is 0.892. The summed E-state index contributed by atoms with van der Waals surface area (Å²) >= 11 is 5.24. The lowest BCUT2D eigenvalue weighted by molar-refractivity contribution is 0.407. The van der Waals surface area contributed by atoms with Gasteiger partial charge in [-0.2, -0.15) is 11.3 Å². The summed E-state index contributed by atoms with van der Waals surface area (Å²) in [7, 11) is 1.70. The summed E-state index contributed by atoms with van der Waals surface area (Å²) in [6.45, 7) is 3.84. The van der Waals surface area contributed by atoms with Crippen LogP contribution in [-0.4, -0.2) is 7.11 Å². The third-order valence-electron chi connectivity index (χ3n) is 2.83. The Morgan fingerprint density at radius 2 is 2.00 bits per heavy atom. The number of hydrogen-bond acceptors (Lipinski definition) is 3. The van der Waals surface area contributed by atoms with Crippen molar-refractivity contribution >= 4 is 27.3 Å². The number of thiophene rings is 1. The van der Waals surface area contributed by atoms with E-state index in [0.29, 0.717) is 0 Å². The Kier molecular flexibility index (Phi) is 4.80. The standard InChI is InChI=1S/C14H16BrNOS/c1-10-8-18-9-12(10)7-16-6-11-5-13(15)3-4-14(11)17-2/h3-5,8-9,16H,6-7H2,1-2H3. The number of ether oxygens (including phenoxy) is 1. The second-order valence-corrected chi connectivity index (χ2v) is 5.80. The molecule has 4 heteroatoms. The van der Waals surface area contributed by atoms with Gasteiger partial charge in [0.25, 0.3) is 0 Å². The first-order chi connectivity index (χ1) is 8.70. The van der Waals surface area contributed by atoms with Gasteiger partial charge in [-0.3, -0.25) is 0 Å². The second kappa shape index (κ2) is 6.36. The molecule has 0 aliphatic rings. The third-order valence-corrected chi connectivity index (χ3v) is 4.24. The number of rotatable bonds is 5. The lowest BCUT2D eigenvalue weighted by Gasteiger charge is -2.10. The molecule has 0 aliphatic carbocycles. The maximum absolute atomic E-state index is 5.35. The van der Waals surface area contributed by atoms with Crippen molar-refractivity contribution < 1.29 is 4.74 Å². The second-order valence-electron chi connectivity index (χ2n) is 4.14. The van der Waals surface area contributed by atoms with Gasteiger partial charge >= 0.3 is 0 Å². The molecule has 1 aromatic heterocycles. The van der Waals surface area contributed by atoms with Gasteiger partial charge in [0.1, 0.15) is 5.75 Å². The zero-order chi connectivity index (χ0) is 13.0. The maximum atomic E-state index is 5.35. The third kappa shape index (κ3) is 3.34. The van der Waals surface area contributed by atoms with Crippen molar-refractivity contribution in [2.24, 2.45) is 0 Å². The van der Waals surface area contributed by atoms with E-state index in [0.717, 1.165) is 23.3 Å². The van der Waals surface area contributed by atoms with Gasteiger partial charge in [0.15, 0.2) is 0 Å². The van der Waals surface area contributed by atoms with E-state index in [2.05, 4.69) is 45.0 Å². The van der Waals surface area contributed by atoms with Gasteiger partial charge in [0.05, 0.1) is 7.11 Å². The first kappa shape index (κ1) is 13.6. The van der Waals surface area contributed by atoms with Crippen molar-refractivity contribution in [3.63, 3.8) is 0 Å². The molecule has 0 spiro atoms. The van der Waals surface area contributed by atoms with Crippen LogP contribution in [0.2, 0.25) is 0 Å². The molecule has 0 bridgehead atoms. The first-order valence-corrected chi connectivity index (χ1v) is 7.49. The number of benzene rings is 1. The molecule has 0 amide bonds. The Hall–Kier alpha value is -0.840. The number of hydrogen-bond donors (Lipinski definition) is 1. The Morgan fingerprint density at radius 1 is 1.22 bits per heavy atom. The molecule has 2 aromatic rings. The van der Waals surface area contributed by atoms with Crippen LogP contribution in [-0.2, 0) is 13.1 Å². The van der Waals surface area contributed by atoms with Crippen LogP contribution in [0.5, 0.6) is 5.75 Å². The smallest absolute Gasteiger partial charge is 0.123 e. The van der Waals surface area contributed by atoms with E-state index in [1.807, 2.05) is 12.1 Å². The zero-order valence-electron chi connectivity index (χ0n) is 10.5. The molecule has 2 nitrogen and oxygen atoms in total. The lowest BCUT2D eigenvalue weighted by Crippen LogP contribution is -2.13. The number of halogens is 1. The van der Waals surface area contributed by atoms with E-state index in [4.69, 9.17) is 4.74 Å². The van der Waals surface area contributed by atoms with Gasteiger partial charge in [-0.1, -0.05) is 15.9 Å². The molecule has 0 saturated heterocycles. The van der Waals surface area contributed by atoms with Crippen LogP contribution in [0.3, 0.4) is 0 Å². The molecule has 1 heterocycles. The zero-order valence-corrected chi connectivity index (χ0v) is 12.9. The molecule has 0 atom stereocenters. The van der Waals surface area contributed by atoms with Gasteiger partial charge in [0.2, 0.25) is 0 Å². The summed E-state index contributed by atoms with van der Waals surface area (Å²) in [6.07, 6.45) is 0. The fourth-order valence-electron chi connectivity index (χ4n) is 1.79. The summed E-state index contributed by atoms with van der Waals surface area (Å²) in [5.74, 6) is 0.924. The van der Waals surface area contributed by atoms with E-state index < -0.39 is 0 Å². The first-order valence-electron chi connectivity index (χ1n) is 5.75. The molecular formula is C14H16BrNOS. The van der Waals surface area contributed by atoms with Crippen molar-refractivity contribution in [1.82, 2.24) is 5.32 Å². The average Bonchev–Trinajstić information content (AvgIpc) is 2.76. The van der Waals surface area contributed by atoms with Gasteiger partial charge < -0.3 is 10.1 Å². The van der Waals surface area contributed by atoms with E-state index >= 15 is 0 Å². The van der Waals surface area contributed by atoms with Gasteiger partial charge in [0, 0.05) is 23.1 Å². The Morgan fingerprint density at radius 3 is 2.67 bits per heavy atom. The minimum atomic E-state index is 0.803. The number of aryl methyl sites for hydroxylation is 1. The Bertz CT molecular complexity index is 524. The predicted molar refractivity (Wildman–Crippen MR) is 80.3 cm³/mol. The minimum Gasteiger partial charge on any atom is -0.496 e. The molecular weight excluding hydrogens is 310 g/mol. The van der Waals surface area contributed by atoms with Gasteiger partial charge in [-0.05, 0) is 47.0 Å². The highest BCUT2D eigenvalue weighted by atomic mass is 79.9. The van der Waals surface area contributed by atoms with Crippen LogP contribution < -0.4 is 10.1 Å². The molecule has 0 fully saturated rings. The molecule has 2 rings (SSSR count). The number of nitrogens with one attached hydrogen (secondary N) is 1. The van der Waals surface area contributed by atoms with Crippen LogP contribution in [0.25, 0.3) is 0 Å². The average molecular weight is 326 g/mol. The Balaban J connectivity index is 1.98. The summed E-state index contributed by atoms with van der Waals surface area (Å²) in [4.78, 5) is 0. The Labute approximate surface area is 120 Å². The predicted octanol–water partition coefficient (Wildman–Crippen LogP) is 4.12. The molecule has 0 aliphatic heterocycles. The minimum absolute atomic E-state index is 0.803. The fourth-order valence-corrected chi connectivity index (χ4v) is 3.05. The van der Waals surface area contributed by atoms with Crippen molar-refractivity contribution in [2.45, 2.75) is 20.0 Å². The summed E-state index contributed by atoms with van der Waals surface area (Å²) in [5, 5.41) is 7.82. The van der Waals surface area contributed by atoms with E-state index in [1.165, 1.54) is 16.7 Å². The lowest BCUT2D eigenvalue weighted by atomic mass is 10.2. The highest BCUT2D eigenvalue weighted by Crippen LogP contribution is 2.23. The fraction of sp³-hybridized carbons (Fsp3) is 0.286. The van der Waals surface area contributed by atoms with E-state index in [-0.39, 0.29) is 0 Å². The molecule has 1 aromatic carbocycles. The SMILES string of the molecule is COc1ccc(Br)cc1CNCc1cscc1C. The molecule has 96 valence electrons. The normalized spacial score (nSPS) is 10.6. The largest absolute Gasteiger partial charge is 0.496 e. The summed E-state index contributed by atoms with van der Waals surface area (Å²) < 4.78 is 6.43. The summed E-state index contributed by atoms with van der Waals surface area (Å²) in [6, 6.07) is 6.06. The van der Waals surface area contributed by atoms with Crippen LogP contribution in [0.4, 0.5) is 0 Å². The summed E-state index contributed by atoms with van der Waals surface area (Å²) in [5.41, 5.74) is 3.89. The van der Waals surface area contributed by atoms with Crippen LogP contribution in [0.1, 0.15) is 16.7 Å². The maximum Gasteiger partial charge on any atom is 0.123 e. The molecule has 1 N–H and O–H groups in total. The van der Waals surface area contributed by atoms with Crippen molar-refractivity contribution in [1.29, 1.82) is 0 Å². The van der Waals surface area contributed by atoms with Crippen molar-refractivity contribution in [3.8, 4) is 5.75 Å². The highest BCUT2D eigenvalue weighted by molar-refractivity contribution is 9.10. The van der Waals surface area contributed by atoms with Crippen molar-refractivity contribution in [2.75, 3.05) is 7.11 Å². The number of methoxy groups -OCH3 is 1.